The first kappa shape index (κ1) is 14.2. The van der Waals surface area contributed by atoms with E-state index >= 15 is 0 Å². The highest BCUT2D eigenvalue weighted by Gasteiger charge is 2.12. The molecule has 1 rings (SSSR count). The van der Waals surface area contributed by atoms with E-state index in [2.05, 4.69) is 28.2 Å². The van der Waals surface area contributed by atoms with E-state index in [1.165, 1.54) is 6.07 Å². The van der Waals surface area contributed by atoms with Gasteiger partial charge in [0.1, 0.15) is 5.82 Å². The van der Waals surface area contributed by atoms with Gasteiger partial charge in [0.15, 0.2) is 0 Å². The molecular weight excluding hydrogens is 285 g/mol. The molecule has 1 atom stereocenters. The predicted octanol–water partition coefficient (Wildman–Crippen LogP) is 3.43. The summed E-state index contributed by atoms with van der Waals surface area (Å²) in [4.78, 5) is 12.0. The Labute approximate surface area is 110 Å². The fourth-order valence-corrected chi connectivity index (χ4v) is 2.15. The third kappa shape index (κ3) is 4.46. The van der Waals surface area contributed by atoms with E-state index < -0.39 is 5.82 Å². The summed E-state index contributed by atoms with van der Waals surface area (Å²) in [5, 5.41) is 2.73. The van der Waals surface area contributed by atoms with Gasteiger partial charge in [-0.3, -0.25) is 4.79 Å². The second kappa shape index (κ2) is 6.74. The maximum atomic E-state index is 13.4. The lowest BCUT2D eigenvalue weighted by Gasteiger charge is -2.10. The summed E-state index contributed by atoms with van der Waals surface area (Å²) in [5.74, 6) is -0.832. The molecule has 0 fully saturated rings. The van der Waals surface area contributed by atoms with Crippen LogP contribution in [0.5, 0.6) is 0 Å². The lowest BCUT2D eigenvalue weighted by molar-refractivity contribution is 0.0949. The van der Waals surface area contributed by atoms with Gasteiger partial charge >= 0.3 is 0 Å². The van der Waals surface area contributed by atoms with Crippen LogP contribution in [0.15, 0.2) is 18.2 Å². The number of nitrogens with one attached hydrogen (secondary N) is 1. The van der Waals surface area contributed by atoms with Crippen molar-refractivity contribution in [3.63, 3.8) is 0 Å². The monoisotopic (exact) mass is 301 g/mol. The zero-order chi connectivity index (χ0) is 12.8. The van der Waals surface area contributed by atoms with Crippen molar-refractivity contribution in [3.05, 3.63) is 35.1 Å². The maximum absolute atomic E-state index is 13.4. The Hall–Kier alpha value is -0.900. The van der Waals surface area contributed by atoms with Gasteiger partial charge in [0.2, 0.25) is 0 Å². The minimum atomic E-state index is -0.477. The molecule has 0 aliphatic carbocycles. The Morgan fingerprint density at radius 2 is 2.24 bits per heavy atom. The van der Waals surface area contributed by atoms with Crippen LogP contribution >= 0.6 is 15.9 Å². The lowest BCUT2D eigenvalue weighted by Crippen LogP contribution is -2.30. The number of alkyl halides is 1. The number of benzene rings is 1. The van der Waals surface area contributed by atoms with Crippen molar-refractivity contribution in [1.82, 2.24) is 5.32 Å². The summed E-state index contributed by atoms with van der Waals surface area (Å²) in [6.07, 6.45) is 2.03. The highest BCUT2D eigenvalue weighted by molar-refractivity contribution is 9.09. The molecule has 1 unspecified atom stereocenters. The van der Waals surface area contributed by atoms with Crippen molar-refractivity contribution in [2.24, 2.45) is 0 Å². The van der Waals surface area contributed by atoms with Gasteiger partial charge in [0, 0.05) is 11.4 Å². The van der Waals surface area contributed by atoms with E-state index in [-0.39, 0.29) is 16.3 Å². The van der Waals surface area contributed by atoms with Crippen LogP contribution in [-0.4, -0.2) is 17.3 Å². The fraction of sp³-hybridized carbons (Fsp3) is 0.462. The van der Waals surface area contributed by atoms with Gasteiger partial charge in [0.05, 0.1) is 5.56 Å². The Morgan fingerprint density at radius 3 is 2.88 bits per heavy atom. The molecule has 0 aliphatic rings. The smallest absolute Gasteiger partial charge is 0.254 e. The average Bonchev–Trinajstić information content (AvgIpc) is 2.29. The van der Waals surface area contributed by atoms with E-state index in [1.54, 1.807) is 12.1 Å². The number of hydrogen-bond donors (Lipinski definition) is 1. The molecule has 0 radical (unpaired) electrons. The van der Waals surface area contributed by atoms with E-state index in [1.807, 2.05) is 6.92 Å². The summed E-state index contributed by atoms with van der Waals surface area (Å²) >= 11 is 3.46. The summed E-state index contributed by atoms with van der Waals surface area (Å²) in [6, 6.07) is 4.53. The first-order valence-corrected chi connectivity index (χ1v) is 6.64. The number of aryl methyl sites for hydroxylation is 1. The normalized spacial score (nSPS) is 12.2. The number of amides is 1. The van der Waals surface area contributed by atoms with Gasteiger partial charge in [-0.1, -0.05) is 40.9 Å². The number of carbonyl (C=O) groups is 1. The molecule has 0 saturated heterocycles. The topological polar surface area (TPSA) is 29.1 Å². The first-order chi connectivity index (χ1) is 8.04. The fourth-order valence-electron chi connectivity index (χ4n) is 1.53. The SMILES string of the molecule is CCCC(Br)CNC(=O)c1cc(C)ccc1F. The van der Waals surface area contributed by atoms with Gasteiger partial charge in [-0.15, -0.1) is 0 Å². The van der Waals surface area contributed by atoms with Gasteiger partial charge in [0.25, 0.3) is 5.91 Å². The molecule has 1 aromatic carbocycles. The molecule has 2 nitrogen and oxygen atoms in total. The van der Waals surface area contributed by atoms with Crippen LogP contribution in [0.2, 0.25) is 0 Å². The Bertz CT molecular complexity index is 395. The van der Waals surface area contributed by atoms with Gasteiger partial charge < -0.3 is 5.32 Å². The molecule has 0 aromatic heterocycles. The highest BCUT2D eigenvalue weighted by atomic mass is 79.9. The van der Waals surface area contributed by atoms with Crippen LogP contribution in [0.4, 0.5) is 4.39 Å². The Kier molecular flexibility index (Phi) is 5.62. The van der Waals surface area contributed by atoms with Crippen molar-refractivity contribution in [2.75, 3.05) is 6.54 Å². The Balaban J connectivity index is 2.61. The van der Waals surface area contributed by atoms with Crippen LogP contribution in [0.25, 0.3) is 0 Å². The molecule has 0 heterocycles. The molecular formula is C13H17BrFNO. The number of halogens is 2. The van der Waals surface area contributed by atoms with Crippen molar-refractivity contribution in [3.8, 4) is 0 Å². The number of rotatable bonds is 5. The summed E-state index contributed by atoms with van der Waals surface area (Å²) in [7, 11) is 0. The van der Waals surface area contributed by atoms with E-state index in [9.17, 15) is 9.18 Å². The van der Waals surface area contributed by atoms with Crippen molar-refractivity contribution in [1.29, 1.82) is 0 Å². The summed E-state index contributed by atoms with van der Waals surface area (Å²) < 4.78 is 13.4. The average molecular weight is 302 g/mol. The lowest BCUT2D eigenvalue weighted by atomic mass is 10.1. The van der Waals surface area contributed by atoms with Gasteiger partial charge in [-0.25, -0.2) is 4.39 Å². The van der Waals surface area contributed by atoms with E-state index in [4.69, 9.17) is 0 Å². The Morgan fingerprint density at radius 1 is 1.53 bits per heavy atom. The van der Waals surface area contributed by atoms with E-state index in [0.717, 1.165) is 18.4 Å². The zero-order valence-electron chi connectivity index (χ0n) is 10.1. The minimum absolute atomic E-state index is 0.112. The van der Waals surface area contributed by atoms with Gasteiger partial charge in [-0.2, -0.15) is 0 Å². The first-order valence-electron chi connectivity index (χ1n) is 5.73. The number of hydrogen-bond acceptors (Lipinski definition) is 1. The molecule has 17 heavy (non-hydrogen) atoms. The number of carbonyl (C=O) groups excluding carboxylic acids is 1. The third-order valence-corrected chi connectivity index (χ3v) is 3.23. The van der Waals surface area contributed by atoms with Crippen LogP contribution < -0.4 is 5.32 Å². The molecule has 4 heteroatoms. The summed E-state index contributed by atoms with van der Waals surface area (Å²) in [5.41, 5.74) is 0.988. The largest absolute Gasteiger partial charge is 0.351 e. The van der Waals surface area contributed by atoms with Crippen LogP contribution in [0.3, 0.4) is 0 Å². The van der Waals surface area contributed by atoms with Crippen molar-refractivity contribution in [2.45, 2.75) is 31.5 Å². The van der Waals surface area contributed by atoms with Crippen molar-refractivity contribution < 1.29 is 9.18 Å². The summed E-state index contributed by atoms with van der Waals surface area (Å²) in [6.45, 7) is 4.43. The second-order valence-corrected chi connectivity index (χ2v) is 5.37. The molecule has 0 spiro atoms. The quantitative estimate of drug-likeness (QED) is 0.830. The van der Waals surface area contributed by atoms with Crippen LogP contribution in [-0.2, 0) is 0 Å². The second-order valence-electron chi connectivity index (χ2n) is 4.08. The molecule has 0 saturated carbocycles. The molecule has 1 amide bonds. The van der Waals surface area contributed by atoms with Crippen LogP contribution in [0, 0.1) is 12.7 Å². The molecule has 94 valence electrons. The maximum Gasteiger partial charge on any atom is 0.254 e. The van der Waals surface area contributed by atoms with E-state index in [0.29, 0.717) is 6.54 Å². The van der Waals surface area contributed by atoms with Crippen molar-refractivity contribution >= 4 is 21.8 Å². The molecule has 0 aliphatic heterocycles. The van der Waals surface area contributed by atoms with Crippen LogP contribution in [0.1, 0.15) is 35.7 Å². The third-order valence-electron chi connectivity index (χ3n) is 2.45. The van der Waals surface area contributed by atoms with Gasteiger partial charge in [-0.05, 0) is 25.5 Å². The minimum Gasteiger partial charge on any atom is -0.351 e. The standard InChI is InChI=1S/C13H17BrFNO/c1-3-4-10(14)8-16-13(17)11-7-9(2)5-6-12(11)15/h5-7,10H,3-4,8H2,1-2H3,(H,16,17). The molecule has 0 bridgehead atoms. The molecule has 1 N–H and O–H groups in total. The zero-order valence-corrected chi connectivity index (χ0v) is 11.7. The molecule has 1 aromatic rings. The highest BCUT2D eigenvalue weighted by Crippen LogP contribution is 2.11. The predicted molar refractivity (Wildman–Crippen MR) is 71.1 cm³/mol.